The molecule has 0 aliphatic heterocycles. The van der Waals surface area contributed by atoms with Gasteiger partial charge in [-0.25, -0.2) is 0 Å². The van der Waals surface area contributed by atoms with Gasteiger partial charge < -0.3 is 5.11 Å². The second kappa shape index (κ2) is 6.44. The van der Waals surface area contributed by atoms with E-state index >= 15 is 0 Å². The molecule has 0 saturated carbocycles. The van der Waals surface area contributed by atoms with E-state index in [1.54, 1.807) is 0 Å². The van der Waals surface area contributed by atoms with Crippen LogP contribution in [0, 0.1) is 0 Å². The van der Waals surface area contributed by atoms with Gasteiger partial charge in [-0.05, 0) is 13.3 Å². The number of rotatable bonds is 3. The van der Waals surface area contributed by atoms with E-state index in [1.807, 2.05) is 31.2 Å². The van der Waals surface area contributed by atoms with Crippen LogP contribution in [0.1, 0.15) is 13.3 Å². The predicted octanol–water partition coefficient (Wildman–Crippen LogP) is 1.50. The van der Waals surface area contributed by atoms with Crippen LogP contribution < -0.4 is 0 Å². The lowest BCUT2D eigenvalue weighted by molar-refractivity contribution is 0.302. The molecule has 0 saturated heterocycles. The molecule has 1 N–H and O–H groups in total. The van der Waals surface area contributed by atoms with Crippen LogP contribution in [0.2, 0.25) is 0 Å². The van der Waals surface area contributed by atoms with Crippen molar-refractivity contribution in [3.05, 3.63) is 24.3 Å². The van der Waals surface area contributed by atoms with Crippen LogP contribution in [-0.2, 0) is 0 Å². The first kappa shape index (κ1) is 7.44. The highest BCUT2D eigenvalue weighted by atomic mass is 16.2. The van der Waals surface area contributed by atoms with E-state index < -0.39 is 0 Å². The van der Waals surface area contributed by atoms with Crippen LogP contribution in [0.4, 0.5) is 0 Å². The zero-order valence-corrected chi connectivity index (χ0v) is 5.17. The number of aliphatic hydroxyl groups is 1. The third kappa shape index (κ3) is 5.44. The van der Waals surface area contributed by atoms with Crippen LogP contribution >= 0.6 is 0 Å². The topological polar surface area (TPSA) is 20.2 Å². The molecule has 0 aromatic rings. The van der Waals surface area contributed by atoms with E-state index in [9.17, 15) is 0 Å². The summed E-state index contributed by atoms with van der Waals surface area (Å²) < 4.78 is 0. The summed E-state index contributed by atoms with van der Waals surface area (Å²) in [6, 6.07) is 0. The number of hydrogen-bond donors (Lipinski definition) is 1. The summed E-state index contributed by atoms with van der Waals surface area (Å²) in [5.41, 5.74) is 0. The largest absolute Gasteiger partial charge is 0.396 e. The normalized spacial score (nSPS) is 11.8. The Bertz CT molecular complexity index is 82.4. The molecule has 0 aliphatic rings. The SMILES string of the molecule is CC=CC=CCCO. The second-order valence-corrected chi connectivity index (χ2v) is 1.47. The monoisotopic (exact) mass is 112 g/mol. The lowest BCUT2D eigenvalue weighted by Gasteiger charge is -1.78. The summed E-state index contributed by atoms with van der Waals surface area (Å²) >= 11 is 0. The first-order valence-electron chi connectivity index (χ1n) is 2.80. The zero-order chi connectivity index (χ0) is 6.24. The van der Waals surface area contributed by atoms with Gasteiger partial charge in [0, 0.05) is 6.61 Å². The van der Waals surface area contributed by atoms with Gasteiger partial charge in [0.2, 0.25) is 0 Å². The average molecular weight is 112 g/mol. The van der Waals surface area contributed by atoms with Crippen molar-refractivity contribution in [3.63, 3.8) is 0 Å². The first-order valence-corrected chi connectivity index (χ1v) is 2.80. The van der Waals surface area contributed by atoms with Gasteiger partial charge in [-0.2, -0.15) is 0 Å². The summed E-state index contributed by atoms with van der Waals surface area (Å²) in [6.45, 7) is 2.21. The van der Waals surface area contributed by atoms with Crippen molar-refractivity contribution in [1.82, 2.24) is 0 Å². The van der Waals surface area contributed by atoms with Crippen molar-refractivity contribution in [1.29, 1.82) is 0 Å². The van der Waals surface area contributed by atoms with E-state index in [2.05, 4.69) is 0 Å². The molecule has 0 aromatic heterocycles. The average Bonchev–Trinajstić information content (AvgIpc) is 1.81. The minimum atomic E-state index is 0.244. The Labute approximate surface area is 50.3 Å². The maximum atomic E-state index is 8.29. The van der Waals surface area contributed by atoms with E-state index in [-0.39, 0.29) is 6.61 Å². The summed E-state index contributed by atoms with van der Waals surface area (Å²) in [5.74, 6) is 0. The molecule has 0 aliphatic carbocycles. The molecule has 0 rings (SSSR count). The van der Waals surface area contributed by atoms with Gasteiger partial charge in [0.1, 0.15) is 0 Å². The van der Waals surface area contributed by atoms with Crippen molar-refractivity contribution in [2.24, 2.45) is 0 Å². The molecule has 0 unspecified atom stereocenters. The summed E-state index contributed by atoms with van der Waals surface area (Å²) in [7, 11) is 0. The Morgan fingerprint density at radius 1 is 1.38 bits per heavy atom. The molecule has 1 heteroatoms. The van der Waals surface area contributed by atoms with Gasteiger partial charge in [0.05, 0.1) is 0 Å². The molecular formula is C7H12O. The van der Waals surface area contributed by atoms with Crippen LogP contribution in [-0.4, -0.2) is 11.7 Å². The minimum absolute atomic E-state index is 0.244. The van der Waals surface area contributed by atoms with Crippen LogP contribution in [0.15, 0.2) is 24.3 Å². The Morgan fingerprint density at radius 2 is 2.12 bits per heavy atom. The number of hydrogen-bond acceptors (Lipinski definition) is 1. The van der Waals surface area contributed by atoms with Crippen molar-refractivity contribution in [3.8, 4) is 0 Å². The Morgan fingerprint density at radius 3 is 2.62 bits per heavy atom. The predicted molar refractivity (Wildman–Crippen MR) is 35.7 cm³/mol. The first-order chi connectivity index (χ1) is 3.91. The number of allylic oxidation sites excluding steroid dienone is 3. The maximum Gasteiger partial charge on any atom is 0.0465 e. The van der Waals surface area contributed by atoms with E-state index in [4.69, 9.17) is 5.11 Å². The summed E-state index contributed by atoms with van der Waals surface area (Å²) in [4.78, 5) is 0. The minimum Gasteiger partial charge on any atom is -0.396 e. The molecule has 0 aromatic carbocycles. The molecule has 0 fully saturated rings. The lowest BCUT2D eigenvalue weighted by Crippen LogP contribution is -1.73. The van der Waals surface area contributed by atoms with Crippen molar-refractivity contribution >= 4 is 0 Å². The van der Waals surface area contributed by atoms with E-state index in [1.165, 1.54) is 0 Å². The summed E-state index contributed by atoms with van der Waals surface area (Å²) in [6.07, 6.45) is 8.50. The summed E-state index contributed by atoms with van der Waals surface area (Å²) in [5, 5.41) is 8.29. The molecule has 0 bridgehead atoms. The zero-order valence-electron chi connectivity index (χ0n) is 5.17. The molecular weight excluding hydrogens is 100 g/mol. The lowest BCUT2D eigenvalue weighted by atomic mass is 10.4. The molecule has 0 spiro atoms. The van der Waals surface area contributed by atoms with Crippen molar-refractivity contribution in [2.75, 3.05) is 6.61 Å². The van der Waals surface area contributed by atoms with Crippen LogP contribution in [0.5, 0.6) is 0 Å². The fraction of sp³-hybridized carbons (Fsp3) is 0.429. The Kier molecular flexibility index (Phi) is 5.99. The highest BCUT2D eigenvalue weighted by Crippen LogP contribution is 1.80. The van der Waals surface area contributed by atoms with E-state index in [0.717, 1.165) is 6.42 Å². The molecule has 0 atom stereocenters. The highest BCUT2D eigenvalue weighted by molar-refractivity contribution is 5.00. The fourth-order valence-electron chi connectivity index (χ4n) is 0.360. The van der Waals surface area contributed by atoms with Gasteiger partial charge in [0.15, 0.2) is 0 Å². The fourth-order valence-corrected chi connectivity index (χ4v) is 0.360. The van der Waals surface area contributed by atoms with Gasteiger partial charge in [-0.15, -0.1) is 0 Å². The third-order valence-electron chi connectivity index (χ3n) is 0.735. The second-order valence-electron chi connectivity index (χ2n) is 1.47. The Hall–Kier alpha value is -0.560. The molecule has 0 radical (unpaired) electrons. The van der Waals surface area contributed by atoms with Gasteiger partial charge in [-0.1, -0.05) is 24.3 Å². The van der Waals surface area contributed by atoms with Gasteiger partial charge >= 0.3 is 0 Å². The van der Waals surface area contributed by atoms with Crippen molar-refractivity contribution in [2.45, 2.75) is 13.3 Å². The Balaban J connectivity index is 3.07. The van der Waals surface area contributed by atoms with E-state index in [0.29, 0.717) is 0 Å². The third-order valence-corrected chi connectivity index (χ3v) is 0.735. The van der Waals surface area contributed by atoms with Gasteiger partial charge in [0.25, 0.3) is 0 Å². The molecule has 0 amide bonds. The highest BCUT2D eigenvalue weighted by Gasteiger charge is 1.67. The quantitative estimate of drug-likeness (QED) is 0.548. The standard InChI is InChI=1S/C7H12O/c1-2-3-4-5-6-7-8/h2-5,8H,6-7H2,1H3. The molecule has 1 nitrogen and oxygen atoms in total. The van der Waals surface area contributed by atoms with Crippen LogP contribution in [0.3, 0.4) is 0 Å². The van der Waals surface area contributed by atoms with Crippen molar-refractivity contribution < 1.29 is 5.11 Å². The molecule has 8 heavy (non-hydrogen) atoms. The van der Waals surface area contributed by atoms with Gasteiger partial charge in [-0.3, -0.25) is 0 Å². The maximum absolute atomic E-state index is 8.29. The van der Waals surface area contributed by atoms with Crippen LogP contribution in [0.25, 0.3) is 0 Å². The smallest absolute Gasteiger partial charge is 0.0465 e. The molecule has 0 heterocycles. The number of aliphatic hydroxyl groups excluding tert-OH is 1. The molecule has 46 valence electrons.